The number of anilines is 1. The van der Waals surface area contributed by atoms with E-state index in [4.69, 9.17) is 17.3 Å². The van der Waals surface area contributed by atoms with Gasteiger partial charge in [-0.25, -0.2) is 17.8 Å². The molecule has 0 aliphatic rings. The maximum absolute atomic E-state index is 13.6. The first-order valence-corrected chi connectivity index (χ1v) is 8.31. The van der Waals surface area contributed by atoms with Gasteiger partial charge in [-0.05, 0) is 45.8 Å². The second kappa shape index (κ2) is 6.27. The lowest BCUT2D eigenvalue weighted by atomic mass is 10.2. The van der Waals surface area contributed by atoms with Crippen LogP contribution >= 0.6 is 27.5 Å². The first kappa shape index (κ1) is 16.2. The molecule has 0 amide bonds. The van der Waals surface area contributed by atoms with Crippen LogP contribution in [0.3, 0.4) is 0 Å². The van der Waals surface area contributed by atoms with Gasteiger partial charge in [-0.3, -0.25) is 4.72 Å². The minimum Gasteiger partial charge on any atom is -0.326 e. The molecular formula is C12H10BrClFN3O2S. The Labute approximate surface area is 134 Å². The van der Waals surface area contributed by atoms with Crippen molar-refractivity contribution < 1.29 is 12.8 Å². The predicted octanol–water partition coefficient (Wildman–Crippen LogP) is 2.90. The van der Waals surface area contributed by atoms with Gasteiger partial charge in [-0.1, -0.05) is 11.6 Å². The highest BCUT2D eigenvalue weighted by atomic mass is 79.9. The monoisotopic (exact) mass is 393 g/mol. The lowest BCUT2D eigenvalue weighted by molar-refractivity contribution is 0.594. The van der Waals surface area contributed by atoms with Crippen LogP contribution in [-0.2, 0) is 16.6 Å². The average molecular weight is 395 g/mol. The summed E-state index contributed by atoms with van der Waals surface area (Å²) in [5.41, 5.74) is 5.63. The Hall–Kier alpha value is -1.22. The third-order valence-electron chi connectivity index (χ3n) is 2.57. The van der Waals surface area contributed by atoms with Crippen LogP contribution in [0.25, 0.3) is 0 Å². The van der Waals surface area contributed by atoms with E-state index in [9.17, 15) is 12.8 Å². The van der Waals surface area contributed by atoms with Crippen LogP contribution in [0.1, 0.15) is 5.56 Å². The smallest absolute Gasteiger partial charge is 0.263 e. The zero-order chi connectivity index (χ0) is 15.6. The molecule has 21 heavy (non-hydrogen) atoms. The number of nitrogens with one attached hydrogen (secondary N) is 1. The van der Waals surface area contributed by atoms with E-state index in [1.807, 2.05) is 0 Å². The van der Waals surface area contributed by atoms with Crippen LogP contribution in [0.4, 0.5) is 10.2 Å². The summed E-state index contributed by atoms with van der Waals surface area (Å²) in [6.45, 7) is -0.0738. The molecule has 0 atom stereocenters. The molecule has 0 spiro atoms. The zero-order valence-electron chi connectivity index (χ0n) is 10.5. The highest BCUT2D eigenvalue weighted by molar-refractivity contribution is 9.10. The van der Waals surface area contributed by atoms with Gasteiger partial charge < -0.3 is 5.73 Å². The average Bonchev–Trinajstić information content (AvgIpc) is 2.44. The number of hydrogen-bond donors (Lipinski definition) is 2. The third-order valence-corrected chi connectivity index (χ3v) is 4.80. The summed E-state index contributed by atoms with van der Waals surface area (Å²) in [4.78, 5) is 3.62. The molecule has 0 bridgehead atoms. The highest BCUT2D eigenvalue weighted by Gasteiger charge is 2.19. The molecule has 0 saturated heterocycles. The highest BCUT2D eigenvalue weighted by Crippen LogP contribution is 2.25. The summed E-state index contributed by atoms with van der Waals surface area (Å²) in [5, 5.41) is -0.182. The van der Waals surface area contributed by atoms with Crippen LogP contribution < -0.4 is 10.5 Å². The van der Waals surface area contributed by atoms with Crippen LogP contribution in [0.5, 0.6) is 0 Å². The number of benzene rings is 1. The van der Waals surface area contributed by atoms with Gasteiger partial charge >= 0.3 is 0 Å². The molecule has 5 nitrogen and oxygen atoms in total. The summed E-state index contributed by atoms with van der Waals surface area (Å²) >= 11 is 8.89. The quantitative estimate of drug-likeness (QED) is 0.835. The van der Waals surface area contributed by atoms with E-state index in [2.05, 4.69) is 25.6 Å². The van der Waals surface area contributed by atoms with Crippen molar-refractivity contribution >= 4 is 43.4 Å². The molecule has 0 unspecified atom stereocenters. The van der Waals surface area contributed by atoms with E-state index in [0.29, 0.717) is 4.47 Å². The van der Waals surface area contributed by atoms with Crippen molar-refractivity contribution in [3.8, 4) is 0 Å². The molecule has 3 N–H and O–H groups in total. The first-order valence-electron chi connectivity index (χ1n) is 5.66. The Morgan fingerprint density at radius 3 is 2.67 bits per heavy atom. The fourth-order valence-electron chi connectivity index (χ4n) is 1.55. The minimum atomic E-state index is -3.98. The minimum absolute atomic E-state index is 0.0738. The maximum atomic E-state index is 13.6. The number of aromatic nitrogens is 1. The SMILES string of the molecule is NCc1cc(S(=O)(=O)Nc2ccc(Br)cn2)cc(F)c1Cl. The summed E-state index contributed by atoms with van der Waals surface area (Å²) in [6.07, 6.45) is 1.44. The topological polar surface area (TPSA) is 85.1 Å². The van der Waals surface area contributed by atoms with Crippen molar-refractivity contribution in [1.29, 1.82) is 0 Å². The fourth-order valence-corrected chi connectivity index (χ4v) is 3.05. The lowest BCUT2D eigenvalue weighted by Gasteiger charge is -2.10. The van der Waals surface area contributed by atoms with E-state index in [0.717, 1.165) is 6.07 Å². The van der Waals surface area contributed by atoms with Crippen molar-refractivity contribution in [2.45, 2.75) is 11.4 Å². The summed E-state index contributed by atoms with van der Waals surface area (Å²) in [7, 11) is -3.98. The molecule has 1 aromatic heterocycles. The van der Waals surface area contributed by atoms with Gasteiger partial charge in [0.2, 0.25) is 0 Å². The van der Waals surface area contributed by atoms with Gasteiger partial charge in [0.15, 0.2) is 0 Å². The first-order chi connectivity index (χ1) is 9.83. The number of nitrogens with two attached hydrogens (primary N) is 1. The standard InChI is InChI=1S/C12H10BrClFN3O2S/c13-8-1-2-11(17-6-8)18-21(19,20)9-3-7(5-16)12(14)10(15)4-9/h1-4,6H,5,16H2,(H,17,18). The van der Waals surface area contributed by atoms with Crippen molar-refractivity contribution in [3.05, 3.63) is 51.3 Å². The number of rotatable bonds is 4. The largest absolute Gasteiger partial charge is 0.326 e. The van der Waals surface area contributed by atoms with Gasteiger partial charge in [0.25, 0.3) is 10.0 Å². The Morgan fingerprint density at radius 2 is 2.10 bits per heavy atom. The molecule has 1 heterocycles. The van der Waals surface area contributed by atoms with Gasteiger partial charge in [0, 0.05) is 17.2 Å². The molecule has 112 valence electrons. The zero-order valence-corrected chi connectivity index (χ0v) is 13.6. The molecule has 0 radical (unpaired) electrons. The predicted molar refractivity (Wildman–Crippen MR) is 82.0 cm³/mol. The molecular weight excluding hydrogens is 385 g/mol. The van der Waals surface area contributed by atoms with Crippen molar-refractivity contribution in [2.24, 2.45) is 5.73 Å². The molecule has 0 fully saturated rings. The molecule has 2 aromatic rings. The van der Waals surface area contributed by atoms with Gasteiger partial charge in [0.1, 0.15) is 11.6 Å². The molecule has 0 aliphatic carbocycles. The normalized spacial score (nSPS) is 11.4. The number of pyridine rings is 1. The Kier molecular flexibility index (Phi) is 4.82. The van der Waals surface area contributed by atoms with E-state index in [-0.39, 0.29) is 27.8 Å². The van der Waals surface area contributed by atoms with Crippen LogP contribution in [0, 0.1) is 5.82 Å². The Bertz CT molecular complexity index is 769. The Balaban J connectivity index is 2.40. The Morgan fingerprint density at radius 1 is 1.38 bits per heavy atom. The van der Waals surface area contributed by atoms with E-state index in [1.54, 1.807) is 6.07 Å². The van der Waals surface area contributed by atoms with Crippen molar-refractivity contribution in [2.75, 3.05) is 4.72 Å². The van der Waals surface area contributed by atoms with Crippen LogP contribution in [0.15, 0.2) is 39.8 Å². The van der Waals surface area contributed by atoms with Gasteiger partial charge in [0.05, 0.1) is 9.92 Å². The van der Waals surface area contributed by atoms with Crippen LogP contribution in [0.2, 0.25) is 5.02 Å². The molecule has 2 rings (SSSR count). The summed E-state index contributed by atoms with van der Waals surface area (Å²) in [6, 6.07) is 5.16. The van der Waals surface area contributed by atoms with Crippen molar-refractivity contribution in [1.82, 2.24) is 4.98 Å². The summed E-state index contributed by atoms with van der Waals surface area (Å²) < 4.78 is 41.0. The van der Waals surface area contributed by atoms with E-state index in [1.165, 1.54) is 18.3 Å². The second-order valence-corrected chi connectivity index (χ2v) is 7.03. The second-order valence-electron chi connectivity index (χ2n) is 4.05. The van der Waals surface area contributed by atoms with E-state index >= 15 is 0 Å². The van der Waals surface area contributed by atoms with Crippen LogP contribution in [-0.4, -0.2) is 13.4 Å². The molecule has 0 aliphatic heterocycles. The lowest BCUT2D eigenvalue weighted by Crippen LogP contribution is -2.15. The fraction of sp³-hybridized carbons (Fsp3) is 0.0833. The summed E-state index contributed by atoms with van der Waals surface area (Å²) in [5.74, 6) is -0.730. The number of halogens is 3. The number of nitrogens with zero attached hydrogens (tertiary/aromatic N) is 1. The third kappa shape index (κ3) is 3.70. The van der Waals surface area contributed by atoms with Gasteiger partial charge in [-0.15, -0.1) is 0 Å². The van der Waals surface area contributed by atoms with E-state index < -0.39 is 15.8 Å². The van der Waals surface area contributed by atoms with Gasteiger partial charge in [-0.2, -0.15) is 0 Å². The molecule has 0 saturated carbocycles. The molecule has 1 aromatic carbocycles. The molecule has 9 heteroatoms. The number of sulfonamides is 1. The van der Waals surface area contributed by atoms with Crippen molar-refractivity contribution in [3.63, 3.8) is 0 Å². The maximum Gasteiger partial charge on any atom is 0.263 e. The number of hydrogen-bond acceptors (Lipinski definition) is 4.